The molecule has 1 aliphatic carbocycles. The minimum absolute atomic E-state index is 0.0221. The van der Waals surface area contributed by atoms with E-state index in [2.05, 4.69) is 15.6 Å². The molecule has 1 fully saturated rings. The maximum absolute atomic E-state index is 12.9. The molecule has 1 saturated carbocycles. The monoisotopic (exact) mass is 383 g/mol. The zero-order valence-electron chi connectivity index (χ0n) is 13.7. The highest BCUT2D eigenvalue weighted by Crippen LogP contribution is 2.36. The van der Waals surface area contributed by atoms with Crippen LogP contribution >= 0.6 is 11.6 Å². The molecular weight excluding hydrogens is 367 g/mol. The lowest BCUT2D eigenvalue weighted by atomic mass is 10.1. The van der Waals surface area contributed by atoms with E-state index in [1.165, 1.54) is 18.3 Å². The summed E-state index contributed by atoms with van der Waals surface area (Å²) in [6.45, 7) is 0. The molecule has 4 nitrogen and oxygen atoms in total. The van der Waals surface area contributed by atoms with E-state index in [9.17, 15) is 18.0 Å². The van der Waals surface area contributed by atoms with Crippen molar-refractivity contribution in [2.75, 3.05) is 10.6 Å². The Morgan fingerprint density at radius 3 is 2.58 bits per heavy atom. The molecule has 0 atom stereocenters. The summed E-state index contributed by atoms with van der Waals surface area (Å²) in [5, 5.41) is 5.33. The highest BCUT2D eigenvalue weighted by Gasteiger charge is 2.33. The van der Waals surface area contributed by atoms with Gasteiger partial charge in [0, 0.05) is 23.5 Å². The summed E-state index contributed by atoms with van der Waals surface area (Å²) in [6.07, 6.45) is 1.35. The van der Waals surface area contributed by atoms with Crippen molar-refractivity contribution in [1.82, 2.24) is 4.98 Å². The Balaban J connectivity index is 1.74. The number of carbonyl (C=O) groups is 1. The lowest BCUT2D eigenvalue weighted by Crippen LogP contribution is -2.17. The lowest BCUT2D eigenvalue weighted by Gasteiger charge is -2.14. The van der Waals surface area contributed by atoms with Gasteiger partial charge in [-0.15, -0.1) is 0 Å². The number of nitrogens with one attached hydrogen (secondary N) is 2. The first-order valence-corrected chi connectivity index (χ1v) is 8.61. The number of anilines is 2. The maximum atomic E-state index is 12.9. The number of aromatic nitrogens is 1. The van der Waals surface area contributed by atoms with Crippen LogP contribution in [0.15, 0.2) is 36.5 Å². The van der Waals surface area contributed by atoms with Crippen molar-refractivity contribution in [2.45, 2.75) is 37.9 Å². The number of nitrogens with zero attached hydrogens (tertiary/aromatic N) is 1. The third-order valence-corrected chi connectivity index (χ3v) is 4.59. The Morgan fingerprint density at radius 1 is 1.15 bits per heavy atom. The summed E-state index contributed by atoms with van der Waals surface area (Å²) < 4.78 is 38.8. The van der Waals surface area contributed by atoms with Gasteiger partial charge in [0.1, 0.15) is 5.82 Å². The van der Waals surface area contributed by atoms with E-state index in [0.717, 1.165) is 37.8 Å². The predicted octanol–water partition coefficient (Wildman–Crippen LogP) is 5.36. The van der Waals surface area contributed by atoms with Crippen LogP contribution in [0.4, 0.5) is 24.7 Å². The Labute approximate surface area is 153 Å². The van der Waals surface area contributed by atoms with Gasteiger partial charge in [-0.3, -0.25) is 4.79 Å². The van der Waals surface area contributed by atoms with Gasteiger partial charge in [0.2, 0.25) is 0 Å². The fraction of sp³-hybridized carbons (Fsp3) is 0.333. The summed E-state index contributed by atoms with van der Waals surface area (Å²) in [5.41, 5.74) is -0.659. The van der Waals surface area contributed by atoms with Crippen LogP contribution in [-0.4, -0.2) is 16.9 Å². The molecule has 138 valence electrons. The summed E-state index contributed by atoms with van der Waals surface area (Å²) in [6, 6.07) is 6.70. The number of halogens is 4. The van der Waals surface area contributed by atoms with Crippen LogP contribution in [0.3, 0.4) is 0 Å². The van der Waals surface area contributed by atoms with Gasteiger partial charge in [-0.25, -0.2) is 4.98 Å². The topological polar surface area (TPSA) is 54.0 Å². The van der Waals surface area contributed by atoms with Crippen molar-refractivity contribution in [3.63, 3.8) is 0 Å². The van der Waals surface area contributed by atoms with Crippen LogP contribution < -0.4 is 10.6 Å². The molecule has 2 N–H and O–H groups in total. The first-order valence-electron chi connectivity index (χ1n) is 8.23. The highest BCUT2D eigenvalue weighted by atomic mass is 35.5. The maximum Gasteiger partial charge on any atom is 0.417 e. The zero-order valence-corrected chi connectivity index (χ0v) is 14.5. The third kappa shape index (κ3) is 4.46. The minimum atomic E-state index is -4.59. The third-order valence-electron chi connectivity index (χ3n) is 4.26. The molecule has 1 amide bonds. The number of amides is 1. The van der Waals surface area contributed by atoms with Gasteiger partial charge in [-0.05, 0) is 43.2 Å². The number of carbonyl (C=O) groups excluding carboxylic acids is 1. The second kappa shape index (κ2) is 7.53. The average molecular weight is 384 g/mol. The van der Waals surface area contributed by atoms with E-state index in [1.807, 2.05) is 0 Å². The second-order valence-corrected chi connectivity index (χ2v) is 6.61. The summed E-state index contributed by atoms with van der Waals surface area (Å²) in [4.78, 5) is 16.6. The Bertz CT molecular complexity index is 805. The van der Waals surface area contributed by atoms with Crippen LogP contribution in [0, 0.1) is 0 Å². The van der Waals surface area contributed by atoms with Crippen LogP contribution in [0.1, 0.15) is 41.6 Å². The molecule has 0 aliphatic heterocycles. The number of benzene rings is 1. The fourth-order valence-corrected chi connectivity index (χ4v) is 3.18. The minimum Gasteiger partial charge on any atom is -0.367 e. The molecule has 1 aromatic carbocycles. The van der Waals surface area contributed by atoms with Gasteiger partial charge in [0.05, 0.1) is 10.6 Å². The molecule has 0 saturated heterocycles. The van der Waals surface area contributed by atoms with Crippen molar-refractivity contribution >= 4 is 29.0 Å². The average Bonchev–Trinajstić information content (AvgIpc) is 3.09. The van der Waals surface area contributed by atoms with Crippen molar-refractivity contribution in [2.24, 2.45) is 0 Å². The van der Waals surface area contributed by atoms with Crippen molar-refractivity contribution in [1.29, 1.82) is 0 Å². The summed E-state index contributed by atoms with van der Waals surface area (Å²) >= 11 is 5.59. The second-order valence-electron chi connectivity index (χ2n) is 6.20. The van der Waals surface area contributed by atoms with Crippen LogP contribution in [0.2, 0.25) is 5.02 Å². The van der Waals surface area contributed by atoms with E-state index in [0.29, 0.717) is 17.4 Å². The molecule has 0 unspecified atom stereocenters. The first kappa shape index (κ1) is 18.5. The van der Waals surface area contributed by atoms with Gasteiger partial charge in [-0.1, -0.05) is 24.4 Å². The Morgan fingerprint density at radius 2 is 1.88 bits per heavy atom. The van der Waals surface area contributed by atoms with E-state index in [-0.39, 0.29) is 5.69 Å². The number of hydrogen-bond donors (Lipinski definition) is 2. The number of alkyl halides is 3. The van der Waals surface area contributed by atoms with Crippen molar-refractivity contribution in [3.8, 4) is 0 Å². The van der Waals surface area contributed by atoms with Crippen molar-refractivity contribution in [3.05, 3.63) is 52.7 Å². The lowest BCUT2D eigenvalue weighted by molar-refractivity contribution is -0.137. The largest absolute Gasteiger partial charge is 0.417 e. The van der Waals surface area contributed by atoms with Crippen LogP contribution in [0.25, 0.3) is 0 Å². The fourth-order valence-electron chi connectivity index (χ4n) is 2.95. The SMILES string of the molecule is O=C(Nc1ccc(Cl)c(C(F)(F)F)c1)c1ccnc(NC2CCCC2)c1. The van der Waals surface area contributed by atoms with E-state index in [1.54, 1.807) is 6.07 Å². The van der Waals surface area contributed by atoms with E-state index >= 15 is 0 Å². The molecule has 1 heterocycles. The predicted molar refractivity (Wildman–Crippen MR) is 94.5 cm³/mol. The van der Waals surface area contributed by atoms with Crippen LogP contribution in [0.5, 0.6) is 0 Å². The quantitative estimate of drug-likeness (QED) is 0.747. The normalized spacial score (nSPS) is 15.1. The van der Waals surface area contributed by atoms with Gasteiger partial charge in [0.25, 0.3) is 5.91 Å². The number of rotatable bonds is 4. The Hall–Kier alpha value is -2.28. The molecule has 0 bridgehead atoms. The molecule has 1 aliphatic rings. The van der Waals surface area contributed by atoms with Crippen molar-refractivity contribution < 1.29 is 18.0 Å². The molecule has 26 heavy (non-hydrogen) atoms. The Kier molecular flexibility index (Phi) is 5.36. The van der Waals surface area contributed by atoms with Gasteiger partial charge in [-0.2, -0.15) is 13.2 Å². The van der Waals surface area contributed by atoms with Gasteiger partial charge in [0.15, 0.2) is 0 Å². The molecule has 0 spiro atoms. The van der Waals surface area contributed by atoms with Gasteiger partial charge >= 0.3 is 6.18 Å². The van der Waals surface area contributed by atoms with E-state index < -0.39 is 22.7 Å². The summed E-state index contributed by atoms with van der Waals surface area (Å²) in [5.74, 6) is 0.0638. The smallest absolute Gasteiger partial charge is 0.367 e. The molecule has 3 rings (SSSR count). The summed E-state index contributed by atoms with van der Waals surface area (Å²) in [7, 11) is 0. The standard InChI is InChI=1S/C18H17ClF3N3O/c19-15-6-5-13(10-14(15)18(20,21)22)25-17(26)11-7-8-23-16(9-11)24-12-3-1-2-4-12/h5-10,12H,1-4H2,(H,23,24)(H,25,26). The van der Waals surface area contributed by atoms with Crippen LogP contribution in [-0.2, 0) is 6.18 Å². The molecule has 0 radical (unpaired) electrons. The number of pyridine rings is 1. The molecule has 2 aromatic rings. The van der Waals surface area contributed by atoms with Gasteiger partial charge < -0.3 is 10.6 Å². The molecule has 1 aromatic heterocycles. The number of hydrogen-bond acceptors (Lipinski definition) is 3. The molecular formula is C18H17ClF3N3O. The zero-order chi connectivity index (χ0) is 18.7. The first-order chi connectivity index (χ1) is 12.3. The molecule has 8 heteroatoms. The van der Waals surface area contributed by atoms with E-state index in [4.69, 9.17) is 11.6 Å². The highest BCUT2D eigenvalue weighted by molar-refractivity contribution is 6.31.